The number of esters is 1. The number of thiophene rings is 1. The minimum atomic E-state index is -1.19. The number of nitrogens with zero attached hydrogens (tertiary/aromatic N) is 1. The number of hydrogen-bond acceptors (Lipinski definition) is 7. The third-order valence-electron chi connectivity index (χ3n) is 5.13. The largest absolute Gasteiger partial charge is 0.454 e. The van der Waals surface area contributed by atoms with Crippen molar-refractivity contribution in [3.63, 3.8) is 0 Å². The molecule has 2 atom stereocenters. The van der Waals surface area contributed by atoms with E-state index in [1.165, 1.54) is 23.5 Å². The number of hydrogen-bond donors (Lipinski definition) is 2. The van der Waals surface area contributed by atoms with Crippen molar-refractivity contribution in [3.05, 3.63) is 57.8 Å². The molecule has 0 spiro atoms. The Morgan fingerprint density at radius 3 is 2.28 bits per heavy atom. The number of ether oxygens (including phenoxy) is 1. The summed E-state index contributed by atoms with van der Waals surface area (Å²) in [6.07, 6.45) is 0.491. The van der Waals surface area contributed by atoms with Crippen LogP contribution in [-0.4, -0.2) is 47.3 Å². The van der Waals surface area contributed by atoms with Gasteiger partial charge in [0.1, 0.15) is 6.04 Å². The van der Waals surface area contributed by atoms with Gasteiger partial charge in [-0.2, -0.15) is 0 Å². The van der Waals surface area contributed by atoms with Crippen molar-refractivity contribution in [1.29, 1.82) is 0 Å². The Kier molecular flexibility index (Phi) is 7.37. The summed E-state index contributed by atoms with van der Waals surface area (Å²) >= 11 is 1.46. The first-order valence-electron chi connectivity index (χ1n) is 10.1. The van der Waals surface area contributed by atoms with Crippen molar-refractivity contribution in [2.24, 2.45) is 5.92 Å². The Balaban J connectivity index is 1.60. The Morgan fingerprint density at radius 2 is 1.72 bits per heavy atom. The first-order chi connectivity index (χ1) is 15.3. The van der Waals surface area contributed by atoms with Crippen LogP contribution in [-0.2, 0) is 20.9 Å². The van der Waals surface area contributed by atoms with E-state index in [1.807, 2.05) is 24.4 Å². The number of carbonyl (C=O) groups is 5. The average molecular weight is 458 g/mol. The minimum absolute atomic E-state index is 0.221. The Hall–Kier alpha value is -3.53. The third kappa shape index (κ3) is 5.02. The van der Waals surface area contributed by atoms with Gasteiger partial charge in [0.2, 0.25) is 0 Å². The van der Waals surface area contributed by atoms with Gasteiger partial charge in [0.25, 0.3) is 17.7 Å². The number of carbonyl (C=O) groups excluding carboxylic acids is 5. The number of urea groups is 1. The first kappa shape index (κ1) is 23.1. The molecule has 1 aliphatic heterocycles. The van der Waals surface area contributed by atoms with Gasteiger partial charge in [-0.15, -0.1) is 11.3 Å². The molecule has 3 rings (SSSR count). The highest BCUT2D eigenvalue weighted by atomic mass is 32.1. The van der Waals surface area contributed by atoms with Crippen LogP contribution in [0.3, 0.4) is 0 Å². The molecule has 1 aliphatic rings. The predicted octanol–water partition coefficient (Wildman–Crippen LogP) is 2.33. The molecular weight excluding hydrogens is 434 g/mol. The molecule has 0 bridgehead atoms. The Morgan fingerprint density at radius 1 is 1.06 bits per heavy atom. The van der Waals surface area contributed by atoms with Gasteiger partial charge in [0.15, 0.2) is 6.61 Å². The highest BCUT2D eigenvalue weighted by Crippen LogP contribution is 2.28. The molecule has 32 heavy (non-hydrogen) atoms. The quantitative estimate of drug-likeness (QED) is 0.463. The van der Waals surface area contributed by atoms with Crippen LogP contribution in [0.5, 0.6) is 0 Å². The van der Waals surface area contributed by atoms with E-state index in [-0.39, 0.29) is 17.7 Å². The number of benzene rings is 1. The lowest BCUT2D eigenvalue weighted by atomic mass is 9.97. The van der Waals surface area contributed by atoms with E-state index in [2.05, 4.69) is 10.6 Å². The van der Waals surface area contributed by atoms with Gasteiger partial charge in [-0.25, -0.2) is 9.59 Å². The molecule has 0 unspecified atom stereocenters. The zero-order valence-electron chi connectivity index (χ0n) is 17.6. The van der Waals surface area contributed by atoms with E-state index in [0.717, 1.165) is 9.78 Å². The topological polar surface area (TPSA) is 122 Å². The van der Waals surface area contributed by atoms with Crippen LogP contribution in [0, 0.1) is 5.92 Å². The lowest BCUT2D eigenvalue weighted by Gasteiger charge is -2.28. The second-order valence-electron chi connectivity index (χ2n) is 7.27. The molecule has 5 amide bonds. The van der Waals surface area contributed by atoms with Gasteiger partial charge in [-0.1, -0.05) is 38.5 Å². The summed E-state index contributed by atoms with van der Waals surface area (Å²) in [4.78, 5) is 64.0. The molecule has 2 heterocycles. The van der Waals surface area contributed by atoms with E-state index in [1.54, 1.807) is 19.1 Å². The maximum Gasteiger partial charge on any atom is 0.330 e. The van der Waals surface area contributed by atoms with E-state index < -0.39 is 48.3 Å². The van der Waals surface area contributed by atoms with Crippen LogP contribution in [0.15, 0.2) is 41.8 Å². The molecule has 0 saturated heterocycles. The number of imide groups is 2. The van der Waals surface area contributed by atoms with Crippen molar-refractivity contribution in [3.8, 4) is 0 Å². The van der Waals surface area contributed by atoms with Gasteiger partial charge < -0.3 is 10.1 Å². The molecule has 0 saturated carbocycles. The Bertz CT molecular complexity index is 1000. The molecule has 0 fully saturated rings. The summed E-state index contributed by atoms with van der Waals surface area (Å²) < 4.78 is 5.07. The van der Waals surface area contributed by atoms with Gasteiger partial charge in [-0.3, -0.25) is 24.6 Å². The zero-order chi connectivity index (χ0) is 23.3. The van der Waals surface area contributed by atoms with Crippen LogP contribution >= 0.6 is 11.3 Å². The molecule has 0 radical (unpaired) electrons. The van der Waals surface area contributed by atoms with Crippen LogP contribution < -0.4 is 10.6 Å². The smallest absolute Gasteiger partial charge is 0.330 e. The number of amides is 5. The standard InChI is InChI=1S/C22H23N3O6S/c1-3-13(2)18(25-19(27)15-8-4-5-9-16(15)20(25)28)21(29)31-12-17(26)24-22(30)23-11-14-7-6-10-32-14/h4-10,13,18H,3,11-12H2,1-2H3,(H2,23,24,26,30)/t13-,18-/m0/s1. The summed E-state index contributed by atoms with van der Waals surface area (Å²) in [5.74, 6) is -3.27. The maximum absolute atomic E-state index is 12.8. The number of fused-ring (bicyclic) bond motifs is 1. The van der Waals surface area contributed by atoms with E-state index in [0.29, 0.717) is 6.42 Å². The molecule has 10 heteroatoms. The highest BCUT2D eigenvalue weighted by Gasteiger charge is 2.45. The molecule has 9 nitrogen and oxygen atoms in total. The van der Waals surface area contributed by atoms with Crippen molar-refractivity contribution in [2.45, 2.75) is 32.9 Å². The number of rotatable bonds is 8. The lowest BCUT2D eigenvalue weighted by Crippen LogP contribution is -2.50. The van der Waals surface area contributed by atoms with Crippen LogP contribution in [0.4, 0.5) is 4.79 Å². The second-order valence-corrected chi connectivity index (χ2v) is 8.31. The summed E-state index contributed by atoms with van der Waals surface area (Å²) in [5, 5.41) is 6.46. The summed E-state index contributed by atoms with van der Waals surface area (Å²) in [6, 6.07) is 8.09. The molecule has 2 N–H and O–H groups in total. The molecule has 168 valence electrons. The second kappa shape index (κ2) is 10.2. The summed E-state index contributed by atoms with van der Waals surface area (Å²) in [6.45, 7) is 3.06. The Labute approximate surface area is 188 Å². The molecule has 0 aliphatic carbocycles. The minimum Gasteiger partial charge on any atom is -0.454 e. The fourth-order valence-corrected chi connectivity index (χ4v) is 3.93. The van der Waals surface area contributed by atoms with E-state index >= 15 is 0 Å². The molecule has 1 aromatic carbocycles. The maximum atomic E-state index is 12.8. The predicted molar refractivity (Wildman–Crippen MR) is 116 cm³/mol. The fourth-order valence-electron chi connectivity index (χ4n) is 3.29. The summed E-state index contributed by atoms with van der Waals surface area (Å²) in [5.41, 5.74) is 0.442. The van der Waals surface area contributed by atoms with Crippen molar-refractivity contribution >= 4 is 41.1 Å². The highest BCUT2D eigenvalue weighted by molar-refractivity contribution is 7.09. The van der Waals surface area contributed by atoms with Crippen LogP contribution in [0.2, 0.25) is 0 Å². The molecular formula is C22H23N3O6S. The zero-order valence-corrected chi connectivity index (χ0v) is 18.4. The SMILES string of the molecule is CC[C@H](C)[C@@H](C(=O)OCC(=O)NC(=O)NCc1cccs1)N1C(=O)c2ccccc2C1=O. The van der Waals surface area contributed by atoms with Gasteiger partial charge in [-0.05, 0) is 29.5 Å². The number of nitrogens with one attached hydrogen (secondary N) is 2. The average Bonchev–Trinajstić information content (AvgIpc) is 3.39. The third-order valence-corrected chi connectivity index (χ3v) is 6.01. The normalized spacial score (nSPS) is 14.5. The first-order valence-corrected chi connectivity index (χ1v) is 10.9. The van der Waals surface area contributed by atoms with Crippen LogP contribution in [0.25, 0.3) is 0 Å². The lowest BCUT2D eigenvalue weighted by molar-refractivity contribution is -0.153. The van der Waals surface area contributed by atoms with Crippen molar-refractivity contribution in [1.82, 2.24) is 15.5 Å². The van der Waals surface area contributed by atoms with Crippen molar-refractivity contribution in [2.75, 3.05) is 6.61 Å². The summed E-state index contributed by atoms with van der Waals surface area (Å²) in [7, 11) is 0. The molecule has 1 aromatic heterocycles. The van der Waals surface area contributed by atoms with Crippen LogP contribution in [0.1, 0.15) is 45.9 Å². The van der Waals surface area contributed by atoms with E-state index in [9.17, 15) is 24.0 Å². The van der Waals surface area contributed by atoms with Gasteiger partial charge >= 0.3 is 12.0 Å². The van der Waals surface area contributed by atoms with Crippen molar-refractivity contribution < 1.29 is 28.7 Å². The fraction of sp³-hybridized carbons (Fsp3) is 0.318. The van der Waals surface area contributed by atoms with Gasteiger partial charge in [0.05, 0.1) is 17.7 Å². The van der Waals surface area contributed by atoms with E-state index in [4.69, 9.17) is 4.74 Å². The molecule has 2 aromatic rings. The monoisotopic (exact) mass is 457 g/mol. The van der Waals surface area contributed by atoms with Gasteiger partial charge in [0, 0.05) is 4.88 Å².